The molecule has 0 amide bonds. The first-order valence-electron chi connectivity index (χ1n) is 5.17. The second kappa shape index (κ2) is 4.62. The lowest BCUT2D eigenvalue weighted by Gasteiger charge is -2.35. The van der Waals surface area contributed by atoms with E-state index >= 15 is 0 Å². The number of nitrogens with zero attached hydrogens (tertiary/aromatic N) is 2. The highest BCUT2D eigenvalue weighted by Gasteiger charge is 2.22. The highest BCUT2D eigenvalue weighted by molar-refractivity contribution is 8.00. The van der Waals surface area contributed by atoms with Crippen molar-refractivity contribution in [3.63, 3.8) is 0 Å². The molecule has 2 unspecified atom stereocenters. The van der Waals surface area contributed by atoms with Crippen molar-refractivity contribution in [1.82, 2.24) is 4.98 Å². The van der Waals surface area contributed by atoms with Gasteiger partial charge in [0, 0.05) is 29.8 Å². The molecule has 0 aliphatic carbocycles. The number of rotatable bonds is 1. The van der Waals surface area contributed by atoms with Crippen LogP contribution in [0.3, 0.4) is 0 Å². The summed E-state index contributed by atoms with van der Waals surface area (Å²) in [5, 5.41) is 2.05. The van der Waals surface area contributed by atoms with Gasteiger partial charge in [-0.3, -0.25) is 0 Å². The molecule has 0 bridgehead atoms. The van der Waals surface area contributed by atoms with Gasteiger partial charge in [-0.15, -0.1) is 0 Å². The van der Waals surface area contributed by atoms with Crippen molar-refractivity contribution >= 4 is 29.2 Å². The fourth-order valence-corrected chi connectivity index (χ4v) is 3.36. The van der Waals surface area contributed by atoms with E-state index in [1.54, 1.807) is 6.20 Å². The first-order chi connectivity index (χ1) is 7.15. The highest BCUT2D eigenvalue weighted by atomic mass is 35.5. The van der Waals surface area contributed by atoms with Gasteiger partial charge in [0.2, 0.25) is 0 Å². The van der Waals surface area contributed by atoms with Gasteiger partial charge in [-0.1, -0.05) is 25.4 Å². The Hall–Kier alpha value is -0.410. The lowest BCUT2D eigenvalue weighted by molar-refractivity contribution is 0.718. The molecule has 0 radical (unpaired) electrons. The molecule has 0 spiro atoms. The van der Waals surface area contributed by atoms with E-state index in [4.69, 9.17) is 11.6 Å². The third-order valence-corrected chi connectivity index (χ3v) is 3.91. The van der Waals surface area contributed by atoms with E-state index in [0.29, 0.717) is 15.5 Å². The van der Waals surface area contributed by atoms with Crippen molar-refractivity contribution < 1.29 is 0 Å². The molecule has 1 aromatic rings. The molecule has 0 N–H and O–H groups in total. The minimum atomic E-state index is 0.672. The van der Waals surface area contributed by atoms with E-state index in [1.165, 1.54) is 0 Å². The molecule has 4 heteroatoms. The maximum absolute atomic E-state index is 5.82. The topological polar surface area (TPSA) is 16.1 Å². The SMILES string of the molecule is CC1CN(c2ccc(Cl)cn2)CC(C)S1. The van der Waals surface area contributed by atoms with Crippen LogP contribution in [0.2, 0.25) is 5.02 Å². The van der Waals surface area contributed by atoms with Gasteiger partial charge in [-0.2, -0.15) is 11.8 Å². The van der Waals surface area contributed by atoms with Crippen LogP contribution in [0.15, 0.2) is 18.3 Å². The lowest BCUT2D eigenvalue weighted by atomic mass is 10.3. The van der Waals surface area contributed by atoms with Gasteiger partial charge in [0.25, 0.3) is 0 Å². The molecule has 1 aliphatic heterocycles. The molecule has 2 rings (SSSR count). The normalized spacial score (nSPS) is 26.7. The molecule has 82 valence electrons. The van der Waals surface area contributed by atoms with Crippen molar-refractivity contribution in [1.29, 1.82) is 0 Å². The second-order valence-corrected chi connectivity index (χ2v) is 6.31. The first kappa shape index (κ1) is 11.1. The molecule has 1 saturated heterocycles. The van der Waals surface area contributed by atoms with E-state index in [1.807, 2.05) is 23.9 Å². The predicted octanol–water partition coefficient (Wildman–Crippen LogP) is 3.07. The van der Waals surface area contributed by atoms with E-state index in [-0.39, 0.29) is 0 Å². The summed E-state index contributed by atoms with van der Waals surface area (Å²) in [5.41, 5.74) is 0. The largest absolute Gasteiger partial charge is 0.354 e. The van der Waals surface area contributed by atoms with Crippen LogP contribution in [0.5, 0.6) is 0 Å². The molecule has 1 aromatic heterocycles. The van der Waals surface area contributed by atoms with Gasteiger partial charge >= 0.3 is 0 Å². The average Bonchev–Trinajstić information content (AvgIpc) is 2.17. The van der Waals surface area contributed by atoms with Gasteiger partial charge in [-0.05, 0) is 12.1 Å². The number of pyridine rings is 1. The fraction of sp³-hybridized carbons (Fsp3) is 0.545. The van der Waals surface area contributed by atoms with Crippen molar-refractivity contribution in [2.24, 2.45) is 0 Å². The van der Waals surface area contributed by atoms with Crippen molar-refractivity contribution in [2.75, 3.05) is 18.0 Å². The molecule has 15 heavy (non-hydrogen) atoms. The Balaban J connectivity index is 2.12. The van der Waals surface area contributed by atoms with Crippen LogP contribution in [-0.2, 0) is 0 Å². The van der Waals surface area contributed by atoms with Crippen LogP contribution in [0.4, 0.5) is 5.82 Å². The monoisotopic (exact) mass is 242 g/mol. The summed E-state index contributed by atoms with van der Waals surface area (Å²) in [6.07, 6.45) is 1.72. The molecule has 2 atom stereocenters. The van der Waals surface area contributed by atoms with Crippen LogP contribution < -0.4 is 4.90 Å². The number of hydrogen-bond donors (Lipinski definition) is 0. The van der Waals surface area contributed by atoms with E-state index < -0.39 is 0 Å². The molecule has 1 fully saturated rings. The van der Waals surface area contributed by atoms with Gasteiger partial charge in [-0.25, -0.2) is 4.98 Å². The maximum atomic E-state index is 5.82. The van der Waals surface area contributed by atoms with Gasteiger partial charge in [0.05, 0.1) is 5.02 Å². The van der Waals surface area contributed by atoms with Gasteiger partial charge in [0.1, 0.15) is 5.82 Å². The Morgan fingerprint density at radius 2 is 2.00 bits per heavy atom. The number of anilines is 1. The van der Waals surface area contributed by atoms with E-state index in [0.717, 1.165) is 18.9 Å². The fourth-order valence-electron chi connectivity index (χ4n) is 1.92. The molecular formula is C11H15ClN2S. The Kier molecular flexibility index (Phi) is 3.42. The minimum absolute atomic E-state index is 0.672. The van der Waals surface area contributed by atoms with Crippen molar-refractivity contribution in [3.05, 3.63) is 23.4 Å². The summed E-state index contributed by atoms with van der Waals surface area (Å²) in [7, 11) is 0. The van der Waals surface area contributed by atoms with E-state index in [2.05, 4.69) is 23.7 Å². The third kappa shape index (κ3) is 2.79. The summed E-state index contributed by atoms with van der Waals surface area (Å²) >= 11 is 7.87. The molecule has 2 nitrogen and oxygen atoms in total. The zero-order valence-corrected chi connectivity index (χ0v) is 10.6. The Morgan fingerprint density at radius 1 is 1.33 bits per heavy atom. The van der Waals surface area contributed by atoms with Crippen LogP contribution in [-0.4, -0.2) is 28.6 Å². The van der Waals surface area contributed by atoms with Gasteiger partial charge in [0.15, 0.2) is 0 Å². The number of hydrogen-bond acceptors (Lipinski definition) is 3. The standard InChI is InChI=1S/C11H15ClN2S/c1-8-6-14(7-9(2)15-8)11-4-3-10(12)5-13-11/h3-5,8-9H,6-7H2,1-2H3. The molecule has 2 heterocycles. The van der Waals surface area contributed by atoms with Crippen LogP contribution in [0.25, 0.3) is 0 Å². The summed E-state index contributed by atoms with van der Waals surface area (Å²) in [4.78, 5) is 6.69. The number of aromatic nitrogens is 1. The molecule has 0 aromatic carbocycles. The maximum Gasteiger partial charge on any atom is 0.128 e. The molecule has 0 saturated carbocycles. The minimum Gasteiger partial charge on any atom is -0.354 e. The van der Waals surface area contributed by atoms with Crippen molar-refractivity contribution in [3.8, 4) is 0 Å². The Morgan fingerprint density at radius 3 is 2.53 bits per heavy atom. The Bertz CT molecular complexity index is 318. The van der Waals surface area contributed by atoms with Crippen molar-refractivity contribution in [2.45, 2.75) is 24.3 Å². The first-order valence-corrected chi connectivity index (χ1v) is 6.49. The van der Waals surface area contributed by atoms with Crippen LogP contribution >= 0.6 is 23.4 Å². The van der Waals surface area contributed by atoms with E-state index in [9.17, 15) is 0 Å². The highest BCUT2D eigenvalue weighted by Crippen LogP contribution is 2.27. The summed E-state index contributed by atoms with van der Waals surface area (Å²) in [6.45, 7) is 6.68. The van der Waals surface area contributed by atoms with Crippen LogP contribution in [0, 0.1) is 0 Å². The Labute approximate surface area is 100 Å². The number of thioether (sulfide) groups is 1. The second-order valence-electron chi connectivity index (χ2n) is 4.00. The smallest absolute Gasteiger partial charge is 0.128 e. The lowest BCUT2D eigenvalue weighted by Crippen LogP contribution is -2.40. The summed E-state index contributed by atoms with van der Waals surface area (Å²) in [5.74, 6) is 1.04. The molecular weight excluding hydrogens is 228 g/mol. The summed E-state index contributed by atoms with van der Waals surface area (Å²) in [6, 6.07) is 3.90. The zero-order chi connectivity index (χ0) is 10.8. The summed E-state index contributed by atoms with van der Waals surface area (Å²) < 4.78 is 0. The molecule has 1 aliphatic rings. The quantitative estimate of drug-likeness (QED) is 0.753. The number of halogens is 1. The van der Waals surface area contributed by atoms with Gasteiger partial charge < -0.3 is 4.90 Å². The van der Waals surface area contributed by atoms with Crippen LogP contribution in [0.1, 0.15) is 13.8 Å². The average molecular weight is 243 g/mol. The predicted molar refractivity (Wildman–Crippen MR) is 68.0 cm³/mol. The zero-order valence-electron chi connectivity index (χ0n) is 8.98. The third-order valence-electron chi connectivity index (χ3n) is 2.46.